The smallest absolute Gasteiger partial charge is 0.162 e. The van der Waals surface area contributed by atoms with Crippen molar-refractivity contribution in [2.45, 2.75) is 13.0 Å². The minimum atomic E-state index is -0.958. The molecule has 0 saturated carbocycles. The summed E-state index contributed by atoms with van der Waals surface area (Å²) in [6.07, 6.45) is 2.06. The Morgan fingerprint density at radius 3 is 2.20 bits per heavy atom. The fourth-order valence-electron chi connectivity index (χ4n) is 0.490. The van der Waals surface area contributed by atoms with E-state index in [1.807, 2.05) is 0 Å². The van der Waals surface area contributed by atoms with Crippen LogP contribution in [0, 0.1) is 28.6 Å². The molecule has 0 aliphatic heterocycles. The van der Waals surface area contributed by atoms with Crippen LogP contribution in [0.2, 0.25) is 0 Å². The summed E-state index contributed by atoms with van der Waals surface area (Å²) in [5.74, 6) is -0.948. The number of nitriles is 2. The lowest BCUT2D eigenvalue weighted by Gasteiger charge is -2.02. The first kappa shape index (κ1) is 8.68. The minimum absolute atomic E-state index is 0.948. The Kier molecular flexibility index (Phi) is 3.95. The molecule has 1 atom stereocenters. The predicted octanol–water partition coefficient (Wildman–Crippen LogP) is 0.587. The molecule has 52 valence electrons. The largest absolute Gasteiger partial charge is 0.387 e. The first-order valence-corrected chi connectivity index (χ1v) is 2.86. The molecule has 0 bridgehead atoms. The SMILES string of the molecule is C/C=C/C(O)C(C#N)C#N. The van der Waals surface area contributed by atoms with E-state index in [0.717, 1.165) is 0 Å². The van der Waals surface area contributed by atoms with E-state index in [1.165, 1.54) is 6.08 Å². The van der Waals surface area contributed by atoms with E-state index < -0.39 is 12.0 Å². The molecule has 1 unspecified atom stereocenters. The zero-order chi connectivity index (χ0) is 7.98. The van der Waals surface area contributed by atoms with Gasteiger partial charge in [-0.2, -0.15) is 10.5 Å². The highest BCUT2D eigenvalue weighted by molar-refractivity contribution is 5.08. The van der Waals surface area contributed by atoms with Gasteiger partial charge in [-0.3, -0.25) is 0 Å². The number of hydrogen-bond donors (Lipinski definition) is 1. The number of aliphatic hydroxyl groups excluding tert-OH is 1. The number of aliphatic hydroxyl groups is 1. The molecule has 0 fully saturated rings. The predicted molar refractivity (Wildman–Crippen MR) is 35.5 cm³/mol. The van der Waals surface area contributed by atoms with Gasteiger partial charge in [0, 0.05) is 0 Å². The maximum Gasteiger partial charge on any atom is 0.162 e. The van der Waals surface area contributed by atoms with Crippen LogP contribution in [-0.4, -0.2) is 11.2 Å². The van der Waals surface area contributed by atoms with E-state index in [0.29, 0.717) is 0 Å². The Morgan fingerprint density at radius 2 is 1.90 bits per heavy atom. The lowest BCUT2D eigenvalue weighted by atomic mass is 10.1. The van der Waals surface area contributed by atoms with Crippen LogP contribution in [0.15, 0.2) is 12.2 Å². The third kappa shape index (κ3) is 2.30. The second-order valence-electron chi connectivity index (χ2n) is 1.75. The van der Waals surface area contributed by atoms with Crippen LogP contribution < -0.4 is 0 Å². The summed E-state index contributed by atoms with van der Waals surface area (Å²) in [6, 6.07) is 3.35. The van der Waals surface area contributed by atoms with Crippen molar-refractivity contribution >= 4 is 0 Å². The second-order valence-corrected chi connectivity index (χ2v) is 1.75. The van der Waals surface area contributed by atoms with Crippen LogP contribution in [-0.2, 0) is 0 Å². The Hall–Kier alpha value is -1.32. The monoisotopic (exact) mass is 136 g/mol. The van der Waals surface area contributed by atoms with Crippen molar-refractivity contribution in [3.63, 3.8) is 0 Å². The summed E-state index contributed by atoms with van der Waals surface area (Å²) in [7, 11) is 0. The van der Waals surface area contributed by atoms with Gasteiger partial charge >= 0.3 is 0 Å². The van der Waals surface area contributed by atoms with Gasteiger partial charge in [-0.15, -0.1) is 0 Å². The second kappa shape index (κ2) is 4.55. The van der Waals surface area contributed by atoms with E-state index in [4.69, 9.17) is 15.6 Å². The molecule has 0 aromatic carbocycles. The van der Waals surface area contributed by atoms with Crippen molar-refractivity contribution in [1.82, 2.24) is 0 Å². The topological polar surface area (TPSA) is 67.8 Å². The lowest BCUT2D eigenvalue weighted by Crippen LogP contribution is -2.13. The molecule has 3 nitrogen and oxygen atoms in total. The average molecular weight is 136 g/mol. The molecule has 0 spiro atoms. The van der Waals surface area contributed by atoms with Crippen LogP contribution in [0.5, 0.6) is 0 Å². The van der Waals surface area contributed by atoms with Gasteiger partial charge in [0.15, 0.2) is 5.92 Å². The number of hydrogen-bond acceptors (Lipinski definition) is 3. The Morgan fingerprint density at radius 1 is 1.40 bits per heavy atom. The zero-order valence-electron chi connectivity index (χ0n) is 5.65. The number of rotatable bonds is 2. The molecular weight excluding hydrogens is 128 g/mol. The highest BCUT2D eigenvalue weighted by Gasteiger charge is 2.13. The Labute approximate surface area is 59.8 Å². The van der Waals surface area contributed by atoms with Gasteiger partial charge in [-0.1, -0.05) is 12.2 Å². The number of allylic oxidation sites excluding steroid dienone is 1. The van der Waals surface area contributed by atoms with Crippen molar-refractivity contribution in [2.75, 3.05) is 0 Å². The van der Waals surface area contributed by atoms with E-state index in [1.54, 1.807) is 25.1 Å². The molecule has 3 heteroatoms. The van der Waals surface area contributed by atoms with Gasteiger partial charge in [0.2, 0.25) is 0 Å². The first-order valence-electron chi connectivity index (χ1n) is 2.86. The normalized spacial score (nSPS) is 12.9. The Balaban J connectivity index is 4.08. The molecule has 0 aliphatic rings. The molecular formula is C7H8N2O. The summed E-state index contributed by atoms with van der Waals surface area (Å²) >= 11 is 0. The minimum Gasteiger partial charge on any atom is -0.387 e. The molecule has 0 aliphatic carbocycles. The maximum absolute atomic E-state index is 8.98. The molecule has 0 heterocycles. The molecule has 0 aromatic rings. The van der Waals surface area contributed by atoms with E-state index >= 15 is 0 Å². The standard InChI is InChI=1S/C7H8N2O/c1-2-3-7(10)6(4-8)5-9/h2-3,6-7,10H,1H3/b3-2+. The quantitative estimate of drug-likeness (QED) is 0.565. The van der Waals surface area contributed by atoms with Crippen molar-refractivity contribution in [1.29, 1.82) is 10.5 Å². The van der Waals surface area contributed by atoms with Gasteiger partial charge in [-0.25, -0.2) is 0 Å². The molecule has 0 rings (SSSR count). The number of nitrogens with zero attached hydrogens (tertiary/aromatic N) is 2. The molecule has 1 N–H and O–H groups in total. The van der Waals surface area contributed by atoms with E-state index in [2.05, 4.69) is 0 Å². The van der Waals surface area contributed by atoms with E-state index in [-0.39, 0.29) is 0 Å². The van der Waals surface area contributed by atoms with Crippen LogP contribution >= 0.6 is 0 Å². The van der Waals surface area contributed by atoms with Crippen molar-refractivity contribution in [2.24, 2.45) is 5.92 Å². The van der Waals surface area contributed by atoms with Crippen LogP contribution in [0.3, 0.4) is 0 Å². The van der Waals surface area contributed by atoms with Gasteiger partial charge in [0.25, 0.3) is 0 Å². The molecule has 0 radical (unpaired) electrons. The summed E-state index contributed by atoms with van der Waals surface area (Å²) in [6.45, 7) is 1.72. The molecule has 0 amide bonds. The van der Waals surface area contributed by atoms with Gasteiger partial charge in [0.1, 0.15) is 6.10 Å². The fourth-order valence-corrected chi connectivity index (χ4v) is 0.490. The zero-order valence-corrected chi connectivity index (χ0v) is 5.65. The fraction of sp³-hybridized carbons (Fsp3) is 0.429. The van der Waals surface area contributed by atoms with Crippen molar-refractivity contribution in [3.05, 3.63) is 12.2 Å². The molecule has 0 aromatic heterocycles. The van der Waals surface area contributed by atoms with Crippen LogP contribution in [0.1, 0.15) is 6.92 Å². The van der Waals surface area contributed by atoms with E-state index in [9.17, 15) is 0 Å². The summed E-state index contributed by atoms with van der Waals surface area (Å²) < 4.78 is 0. The van der Waals surface area contributed by atoms with Gasteiger partial charge in [0.05, 0.1) is 12.1 Å². The van der Waals surface area contributed by atoms with Crippen LogP contribution in [0.25, 0.3) is 0 Å². The van der Waals surface area contributed by atoms with Crippen molar-refractivity contribution < 1.29 is 5.11 Å². The third-order valence-corrected chi connectivity index (χ3v) is 1.01. The maximum atomic E-state index is 8.98. The molecule has 10 heavy (non-hydrogen) atoms. The summed E-state index contributed by atoms with van der Waals surface area (Å²) in [4.78, 5) is 0. The first-order chi connectivity index (χ1) is 4.76. The summed E-state index contributed by atoms with van der Waals surface area (Å²) in [5, 5.41) is 25.5. The Bertz CT molecular complexity index is 183. The summed E-state index contributed by atoms with van der Waals surface area (Å²) in [5.41, 5.74) is 0. The van der Waals surface area contributed by atoms with Gasteiger partial charge in [-0.05, 0) is 6.92 Å². The van der Waals surface area contributed by atoms with Gasteiger partial charge < -0.3 is 5.11 Å². The van der Waals surface area contributed by atoms with Crippen LogP contribution in [0.4, 0.5) is 0 Å². The third-order valence-electron chi connectivity index (χ3n) is 1.01. The highest BCUT2D eigenvalue weighted by atomic mass is 16.3. The molecule has 0 saturated heterocycles. The van der Waals surface area contributed by atoms with Crippen molar-refractivity contribution in [3.8, 4) is 12.1 Å². The highest BCUT2D eigenvalue weighted by Crippen LogP contribution is 2.01. The average Bonchev–Trinajstić information content (AvgIpc) is 1.91. The lowest BCUT2D eigenvalue weighted by molar-refractivity contribution is 0.202.